The van der Waals surface area contributed by atoms with Gasteiger partial charge in [0.15, 0.2) is 0 Å². The lowest BCUT2D eigenvalue weighted by atomic mass is 10.2. The monoisotopic (exact) mass is 212 g/mol. The van der Waals surface area contributed by atoms with E-state index in [-0.39, 0.29) is 30.4 Å². The lowest BCUT2D eigenvalue weighted by Crippen LogP contribution is -2.47. The van der Waals surface area contributed by atoms with Crippen molar-refractivity contribution in [2.75, 3.05) is 7.05 Å². The zero-order chi connectivity index (χ0) is 11.2. The van der Waals surface area contributed by atoms with Crippen LogP contribution in [0.5, 0.6) is 0 Å². The number of carbonyl (C=O) groups excluding carboxylic acids is 2. The second-order valence-corrected chi connectivity index (χ2v) is 4.07. The van der Waals surface area contributed by atoms with Crippen molar-refractivity contribution in [1.29, 1.82) is 0 Å². The molecule has 3 atom stereocenters. The van der Waals surface area contributed by atoms with Gasteiger partial charge in [-0.1, -0.05) is 6.92 Å². The van der Waals surface area contributed by atoms with Crippen LogP contribution in [-0.4, -0.2) is 47.3 Å². The molecule has 0 aromatic heterocycles. The van der Waals surface area contributed by atoms with Crippen molar-refractivity contribution >= 4 is 12.1 Å². The number of nitrogens with zero attached hydrogens (tertiary/aromatic N) is 2. The zero-order valence-electron chi connectivity index (χ0n) is 9.15. The van der Waals surface area contributed by atoms with Crippen molar-refractivity contribution in [2.45, 2.75) is 38.6 Å². The van der Waals surface area contributed by atoms with E-state index < -0.39 is 0 Å². The van der Waals surface area contributed by atoms with Gasteiger partial charge in [-0.3, -0.25) is 4.90 Å². The largest absolute Gasteiger partial charge is 0.323 e. The van der Waals surface area contributed by atoms with Crippen LogP contribution in [0.15, 0.2) is 0 Å². The van der Waals surface area contributed by atoms with Crippen LogP contribution in [0.4, 0.5) is 9.59 Å². The Morgan fingerprint density at radius 2 is 1.93 bits per heavy atom. The standard InChI is InChI=1S/C9H16N4O2/c1-4-5(2)13-7-6(10-8(14)11-7)12(3)9(13)15/h5-7H,4H2,1-3H3,(H2,10,11,14)/t5-,6+,7-/m0/s1. The van der Waals surface area contributed by atoms with Crippen LogP contribution < -0.4 is 10.6 Å². The van der Waals surface area contributed by atoms with Crippen LogP contribution in [0.2, 0.25) is 0 Å². The van der Waals surface area contributed by atoms with E-state index in [1.807, 2.05) is 13.8 Å². The quantitative estimate of drug-likeness (QED) is 0.682. The molecule has 2 saturated heterocycles. The van der Waals surface area contributed by atoms with Gasteiger partial charge >= 0.3 is 12.1 Å². The molecule has 15 heavy (non-hydrogen) atoms. The zero-order valence-corrected chi connectivity index (χ0v) is 9.15. The van der Waals surface area contributed by atoms with Crippen molar-refractivity contribution in [1.82, 2.24) is 20.4 Å². The van der Waals surface area contributed by atoms with Crippen molar-refractivity contribution < 1.29 is 9.59 Å². The number of rotatable bonds is 2. The number of fused-ring (bicyclic) bond motifs is 1. The predicted octanol–water partition coefficient (Wildman–Crippen LogP) is 0.117. The predicted molar refractivity (Wildman–Crippen MR) is 54.0 cm³/mol. The van der Waals surface area contributed by atoms with E-state index in [4.69, 9.17) is 0 Å². The maximum Gasteiger partial charge on any atom is 0.323 e. The summed E-state index contributed by atoms with van der Waals surface area (Å²) in [5.41, 5.74) is 0. The first kappa shape index (κ1) is 10.1. The fourth-order valence-electron chi connectivity index (χ4n) is 2.08. The first-order chi connectivity index (χ1) is 7.06. The normalized spacial score (nSPS) is 31.4. The van der Waals surface area contributed by atoms with E-state index in [0.717, 1.165) is 6.42 Å². The number of amides is 4. The summed E-state index contributed by atoms with van der Waals surface area (Å²) in [5, 5.41) is 5.47. The Balaban J connectivity index is 2.24. The molecule has 2 heterocycles. The molecule has 0 radical (unpaired) electrons. The number of urea groups is 2. The van der Waals surface area contributed by atoms with Crippen LogP contribution in [0, 0.1) is 0 Å². The molecular weight excluding hydrogens is 196 g/mol. The minimum atomic E-state index is -0.237. The first-order valence-corrected chi connectivity index (χ1v) is 5.18. The summed E-state index contributed by atoms with van der Waals surface area (Å²) in [5.74, 6) is 0. The highest BCUT2D eigenvalue weighted by atomic mass is 16.2. The highest BCUT2D eigenvalue weighted by Crippen LogP contribution is 2.24. The van der Waals surface area contributed by atoms with Gasteiger partial charge in [0.1, 0.15) is 12.3 Å². The third-order valence-corrected chi connectivity index (χ3v) is 3.16. The van der Waals surface area contributed by atoms with E-state index in [9.17, 15) is 9.59 Å². The van der Waals surface area contributed by atoms with Crippen molar-refractivity contribution in [3.05, 3.63) is 0 Å². The van der Waals surface area contributed by atoms with E-state index in [1.54, 1.807) is 16.8 Å². The summed E-state index contributed by atoms with van der Waals surface area (Å²) in [7, 11) is 1.70. The molecule has 0 aliphatic carbocycles. The number of hydrogen-bond acceptors (Lipinski definition) is 2. The van der Waals surface area contributed by atoms with Crippen molar-refractivity contribution in [3.8, 4) is 0 Å². The van der Waals surface area contributed by atoms with Crippen molar-refractivity contribution in [2.24, 2.45) is 0 Å². The maximum absolute atomic E-state index is 11.9. The van der Waals surface area contributed by atoms with Gasteiger partial charge in [0.05, 0.1) is 0 Å². The van der Waals surface area contributed by atoms with Crippen LogP contribution in [0.3, 0.4) is 0 Å². The van der Waals surface area contributed by atoms with Crippen molar-refractivity contribution in [3.63, 3.8) is 0 Å². The third-order valence-electron chi connectivity index (χ3n) is 3.16. The summed E-state index contributed by atoms with van der Waals surface area (Å²) in [6.45, 7) is 4.01. The molecular formula is C9H16N4O2. The van der Waals surface area contributed by atoms with Gasteiger partial charge in [0.2, 0.25) is 0 Å². The van der Waals surface area contributed by atoms with Gasteiger partial charge < -0.3 is 15.5 Å². The van der Waals surface area contributed by atoms with Gasteiger partial charge in [0.25, 0.3) is 0 Å². The number of nitrogens with one attached hydrogen (secondary N) is 2. The molecule has 0 bridgehead atoms. The maximum atomic E-state index is 11.9. The van der Waals surface area contributed by atoms with E-state index in [1.165, 1.54) is 0 Å². The van der Waals surface area contributed by atoms with Gasteiger partial charge in [-0.25, -0.2) is 9.59 Å². The second-order valence-electron chi connectivity index (χ2n) is 4.07. The molecule has 84 valence electrons. The Bertz CT molecular complexity index is 306. The van der Waals surface area contributed by atoms with E-state index >= 15 is 0 Å². The third kappa shape index (κ3) is 1.32. The highest BCUT2D eigenvalue weighted by Gasteiger charge is 2.50. The number of likely N-dealkylation sites (N-methyl/N-ethyl adjacent to an activating group) is 1. The van der Waals surface area contributed by atoms with Gasteiger partial charge in [0, 0.05) is 13.1 Å². The molecule has 0 spiro atoms. The molecule has 0 aromatic rings. The SMILES string of the molecule is CC[C@H](C)N1C(=O)N(C)[C@H]2NC(=O)N[C@H]21. The average Bonchev–Trinajstić information content (AvgIpc) is 2.66. The summed E-state index contributed by atoms with van der Waals surface area (Å²) in [6, 6.07) is -0.111. The molecule has 2 fully saturated rings. The molecule has 0 aromatic carbocycles. The fraction of sp³-hybridized carbons (Fsp3) is 0.778. The summed E-state index contributed by atoms with van der Waals surface area (Å²) < 4.78 is 0. The van der Waals surface area contributed by atoms with Crippen LogP contribution in [0.25, 0.3) is 0 Å². The first-order valence-electron chi connectivity index (χ1n) is 5.18. The number of carbonyl (C=O) groups is 2. The second kappa shape index (κ2) is 3.29. The molecule has 0 saturated carbocycles. The van der Waals surface area contributed by atoms with Gasteiger partial charge in [-0.2, -0.15) is 0 Å². The fourth-order valence-corrected chi connectivity index (χ4v) is 2.08. The van der Waals surface area contributed by atoms with Crippen LogP contribution >= 0.6 is 0 Å². The Labute approximate surface area is 88.6 Å². The lowest BCUT2D eigenvalue weighted by Gasteiger charge is -2.27. The highest BCUT2D eigenvalue weighted by molar-refractivity contribution is 5.84. The van der Waals surface area contributed by atoms with E-state index in [2.05, 4.69) is 10.6 Å². The molecule has 2 N–H and O–H groups in total. The lowest BCUT2D eigenvalue weighted by molar-refractivity contribution is 0.164. The van der Waals surface area contributed by atoms with Crippen LogP contribution in [0.1, 0.15) is 20.3 Å². The molecule has 4 amide bonds. The summed E-state index contributed by atoms with van der Waals surface area (Å²) >= 11 is 0. The summed E-state index contributed by atoms with van der Waals surface area (Å²) in [4.78, 5) is 26.4. The van der Waals surface area contributed by atoms with Gasteiger partial charge in [-0.15, -0.1) is 0 Å². The molecule has 0 unspecified atom stereocenters. The smallest absolute Gasteiger partial charge is 0.314 e. The molecule has 2 aliphatic rings. The molecule has 2 rings (SSSR count). The Hall–Kier alpha value is -1.46. The Kier molecular flexibility index (Phi) is 2.21. The number of hydrogen-bond donors (Lipinski definition) is 2. The van der Waals surface area contributed by atoms with Gasteiger partial charge in [-0.05, 0) is 13.3 Å². The molecule has 6 heteroatoms. The Morgan fingerprint density at radius 1 is 1.33 bits per heavy atom. The minimum absolute atomic E-state index is 0.0353. The summed E-state index contributed by atoms with van der Waals surface area (Å²) in [6.07, 6.45) is 0.405. The molecule has 2 aliphatic heterocycles. The minimum Gasteiger partial charge on any atom is -0.314 e. The van der Waals surface area contributed by atoms with E-state index in [0.29, 0.717) is 0 Å². The van der Waals surface area contributed by atoms with Crippen LogP contribution in [-0.2, 0) is 0 Å². The molecule has 6 nitrogen and oxygen atoms in total. The average molecular weight is 212 g/mol. The Morgan fingerprint density at radius 3 is 2.53 bits per heavy atom. The topological polar surface area (TPSA) is 64.7 Å².